The summed E-state index contributed by atoms with van der Waals surface area (Å²) in [7, 11) is -3.48. The Morgan fingerprint density at radius 3 is 2.30 bits per heavy atom. The molecule has 23 heavy (non-hydrogen) atoms. The van der Waals surface area contributed by atoms with E-state index in [9.17, 15) is 8.42 Å². The van der Waals surface area contributed by atoms with Crippen molar-refractivity contribution in [1.82, 2.24) is 4.72 Å². The average molecular weight is 333 g/mol. The molecule has 0 heterocycles. The van der Waals surface area contributed by atoms with Gasteiger partial charge in [0.2, 0.25) is 10.0 Å². The third-order valence-corrected chi connectivity index (χ3v) is 5.05. The number of rotatable bonds is 8. The minimum absolute atomic E-state index is 0.109. The zero-order valence-corrected chi connectivity index (χ0v) is 14.3. The Hall–Kier alpha value is -1.69. The van der Waals surface area contributed by atoms with E-state index in [1.807, 2.05) is 44.2 Å². The first-order valence-corrected chi connectivity index (χ1v) is 9.24. The van der Waals surface area contributed by atoms with Crippen LogP contribution >= 0.6 is 0 Å². The molecule has 1 N–H and O–H groups in total. The zero-order chi connectivity index (χ0) is 16.7. The van der Waals surface area contributed by atoms with Crippen LogP contribution in [0.25, 0.3) is 0 Å². The highest BCUT2D eigenvalue weighted by Crippen LogP contribution is 2.20. The highest BCUT2D eigenvalue weighted by Gasteiger charge is 2.16. The zero-order valence-electron chi connectivity index (χ0n) is 13.5. The average Bonchev–Trinajstić information content (AvgIpc) is 2.55. The van der Waals surface area contributed by atoms with Crippen molar-refractivity contribution in [2.75, 3.05) is 13.2 Å². The highest BCUT2D eigenvalue weighted by atomic mass is 32.2. The SMILES string of the molecule is CCOC(CCNS(=O)(=O)c1ccc(C)cc1)c1ccccc1. The monoisotopic (exact) mass is 333 g/mol. The summed E-state index contributed by atoms with van der Waals surface area (Å²) >= 11 is 0. The fourth-order valence-electron chi connectivity index (χ4n) is 2.34. The van der Waals surface area contributed by atoms with Crippen molar-refractivity contribution in [3.05, 3.63) is 65.7 Å². The van der Waals surface area contributed by atoms with Crippen LogP contribution in [-0.2, 0) is 14.8 Å². The molecule has 0 aliphatic carbocycles. The van der Waals surface area contributed by atoms with E-state index in [0.717, 1.165) is 11.1 Å². The summed E-state index contributed by atoms with van der Waals surface area (Å²) in [4.78, 5) is 0.288. The summed E-state index contributed by atoms with van der Waals surface area (Å²) in [5, 5.41) is 0. The lowest BCUT2D eigenvalue weighted by Gasteiger charge is -2.17. The second-order valence-electron chi connectivity index (χ2n) is 5.35. The van der Waals surface area contributed by atoms with E-state index < -0.39 is 10.0 Å². The molecule has 2 aromatic carbocycles. The van der Waals surface area contributed by atoms with E-state index in [1.54, 1.807) is 24.3 Å². The second kappa shape index (κ2) is 8.24. The van der Waals surface area contributed by atoms with Crippen LogP contribution in [0, 0.1) is 6.92 Å². The van der Waals surface area contributed by atoms with Gasteiger partial charge in [0, 0.05) is 13.2 Å². The Bertz CT molecular complexity index is 697. The van der Waals surface area contributed by atoms with Crippen LogP contribution in [0.2, 0.25) is 0 Å². The summed E-state index contributed by atoms with van der Waals surface area (Å²) in [6.07, 6.45) is 0.477. The second-order valence-corrected chi connectivity index (χ2v) is 7.12. The van der Waals surface area contributed by atoms with E-state index in [4.69, 9.17) is 4.74 Å². The molecule has 124 valence electrons. The fourth-order valence-corrected chi connectivity index (χ4v) is 3.39. The highest BCUT2D eigenvalue weighted by molar-refractivity contribution is 7.89. The van der Waals surface area contributed by atoms with Crippen molar-refractivity contribution >= 4 is 10.0 Å². The third kappa shape index (κ3) is 5.16. The number of hydrogen-bond donors (Lipinski definition) is 1. The van der Waals surface area contributed by atoms with Gasteiger partial charge in [-0.25, -0.2) is 13.1 Å². The molecular formula is C18H23NO3S. The van der Waals surface area contributed by atoms with E-state index in [0.29, 0.717) is 19.6 Å². The molecule has 0 aromatic heterocycles. The molecule has 1 atom stereocenters. The van der Waals surface area contributed by atoms with Gasteiger partial charge in [0.15, 0.2) is 0 Å². The summed E-state index contributed by atoms with van der Waals surface area (Å²) in [5.74, 6) is 0. The van der Waals surface area contributed by atoms with Crippen LogP contribution in [0.15, 0.2) is 59.5 Å². The van der Waals surface area contributed by atoms with Crippen molar-refractivity contribution in [3.8, 4) is 0 Å². The Morgan fingerprint density at radius 2 is 1.70 bits per heavy atom. The first kappa shape index (κ1) is 17.7. The summed E-state index contributed by atoms with van der Waals surface area (Å²) < 4.78 is 32.9. The maximum absolute atomic E-state index is 12.3. The molecule has 0 bridgehead atoms. The standard InChI is InChI=1S/C18H23NO3S/c1-3-22-18(16-7-5-4-6-8-16)13-14-19-23(20,21)17-11-9-15(2)10-12-17/h4-12,18-19H,3,13-14H2,1-2H3. The van der Waals surface area contributed by atoms with Crippen molar-refractivity contribution in [2.45, 2.75) is 31.3 Å². The number of nitrogens with one attached hydrogen (secondary N) is 1. The minimum Gasteiger partial charge on any atom is -0.374 e. The Morgan fingerprint density at radius 1 is 1.04 bits per heavy atom. The largest absolute Gasteiger partial charge is 0.374 e. The van der Waals surface area contributed by atoms with Crippen LogP contribution in [0.1, 0.15) is 30.6 Å². The summed E-state index contributed by atoms with van der Waals surface area (Å²) in [6, 6.07) is 16.7. The molecule has 0 spiro atoms. The minimum atomic E-state index is -3.48. The first-order chi connectivity index (χ1) is 11.0. The fraction of sp³-hybridized carbons (Fsp3) is 0.333. The molecule has 0 amide bonds. The lowest BCUT2D eigenvalue weighted by Crippen LogP contribution is -2.26. The summed E-state index contributed by atoms with van der Waals surface area (Å²) in [6.45, 7) is 4.78. The molecule has 5 heteroatoms. The lowest BCUT2D eigenvalue weighted by molar-refractivity contribution is 0.0574. The molecule has 0 saturated carbocycles. The van der Waals surface area contributed by atoms with Crippen LogP contribution in [0.5, 0.6) is 0 Å². The molecule has 0 aliphatic heterocycles. The number of hydrogen-bond acceptors (Lipinski definition) is 3. The molecule has 0 fully saturated rings. The molecular weight excluding hydrogens is 310 g/mol. The molecule has 1 unspecified atom stereocenters. The topological polar surface area (TPSA) is 55.4 Å². The van der Waals surface area contributed by atoms with Gasteiger partial charge >= 0.3 is 0 Å². The number of aryl methyl sites for hydroxylation is 1. The number of ether oxygens (including phenoxy) is 1. The quantitative estimate of drug-likeness (QED) is 0.805. The molecule has 0 aliphatic rings. The van der Waals surface area contributed by atoms with Gasteiger partial charge in [-0.05, 0) is 38.0 Å². The van der Waals surface area contributed by atoms with Gasteiger partial charge in [0.1, 0.15) is 0 Å². The van der Waals surface area contributed by atoms with Crippen LogP contribution < -0.4 is 4.72 Å². The lowest BCUT2D eigenvalue weighted by atomic mass is 10.1. The van der Waals surface area contributed by atoms with Gasteiger partial charge in [-0.1, -0.05) is 48.0 Å². The molecule has 0 radical (unpaired) electrons. The first-order valence-electron chi connectivity index (χ1n) is 7.76. The molecule has 0 saturated heterocycles. The van der Waals surface area contributed by atoms with Gasteiger partial charge in [-0.2, -0.15) is 0 Å². The maximum Gasteiger partial charge on any atom is 0.240 e. The van der Waals surface area contributed by atoms with Crippen molar-refractivity contribution in [2.24, 2.45) is 0 Å². The third-order valence-electron chi connectivity index (χ3n) is 3.57. The molecule has 2 rings (SSSR count). The molecule has 2 aromatic rings. The van der Waals surface area contributed by atoms with E-state index in [1.165, 1.54) is 0 Å². The number of sulfonamides is 1. The predicted molar refractivity (Wildman–Crippen MR) is 91.8 cm³/mol. The van der Waals surface area contributed by atoms with Crippen LogP contribution in [0.4, 0.5) is 0 Å². The van der Waals surface area contributed by atoms with Gasteiger partial charge in [-0.15, -0.1) is 0 Å². The smallest absolute Gasteiger partial charge is 0.240 e. The van der Waals surface area contributed by atoms with Gasteiger partial charge < -0.3 is 4.74 Å². The summed E-state index contributed by atoms with van der Waals surface area (Å²) in [5.41, 5.74) is 2.09. The maximum atomic E-state index is 12.3. The van der Waals surface area contributed by atoms with E-state index in [2.05, 4.69) is 4.72 Å². The van der Waals surface area contributed by atoms with Crippen LogP contribution in [-0.4, -0.2) is 21.6 Å². The Kier molecular flexibility index (Phi) is 6.33. The van der Waals surface area contributed by atoms with Gasteiger partial charge in [0.25, 0.3) is 0 Å². The predicted octanol–water partition coefficient (Wildman–Crippen LogP) is 3.44. The van der Waals surface area contributed by atoms with Crippen molar-refractivity contribution < 1.29 is 13.2 Å². The van der Waals surface area contributed by atoms with Crippen molar-refractivity contribution in [3.63, 3.8) is 0 Å². The van der Waals surface area contributed by atoms with Gasteiger partial charge in [-0.3, -0.25) is 0 Å². The Labute approximate surface area is 138 Å². The van der Waals surface area contributed by atoms with E-state index >= 15 is 0 Å². The van der Waals surface area contributed by atoms with E-state index in [-0.39, 0.29) is 11.0 Å². The Balaban J connectivity index is 1.97. The van der Waals surface area contributed by atoms with Gasteiger partial charge in [0.05, 0.1) is 11.0 Å². The van der Waals surface area contributed by atoms with Crippen molar-refractivity contribution in [1.29, 1.82) is 0 Å². The van der Waals surface area contributed by atoms with Crippen LogP contribution in [0.3, 0.4) is 0 Å². The number of benzene rings is 2. The normalized spacial score (nSPS) is 13.0. The molecule has 4 nitrogen and oxygen atoms in total.